The van der Waals surface area contributed by atoms with E-state index >= 15 is 0 Å². The number of aliphatic carboxylic acids is 1. The van der Waals surface area contributed by atoms with Crippen LogP contribution in [-0.4, -0.2) is 25.2 Å². The number of benzene rings is 2. The zero-order valence-electron chi connectivity index (χ0n) is 10.4. The van der Waals surface area contributed by atoms with E-state index in [1.807, 2.05) is 44.4 Å². The van der Waals surface area contributed by atoms with Gasteiger partial charge in [0.05, 0.1) is 0 Å². The maximum absolute atomic E-state index is 10.5. The lowest BCUT2D eigenvalue weighted by molar-refractivity contribution is -0.131. The van der Waals surface area contributed by atoms with E-state index in [2.05, 4.69) is 11.0 Å². The smallest absolute Gasteiger partial charge is 0.328 e. The van der Waals surface area contributed by atoms with E-state index in [1.165, 1.54) is 0 Å². The van der Waals surface area contributed by atoms with Crippen molar-refractivity contribution in [2.24, 2.45) is 0 Å². The highest BCUT2D eigenvalue weighted by Crippen LogP contribution is 2.22. The quantitative estimate of drug-likeness (QED) is 0.840. The molecular weight excluding hydrogens is 226 g/mol. The SMILES string of the molecule is CN(C)c1ccc2cc(/C=C/C(=O)O)ccc2c1. The monoisotopic (exact) mass is 241 g/mol. The Balaban J connectivity index is 2.41. The predicted molar refractivity (Wildman–Crippen MR) is 74.9 cm³/mol. The molecule has 0 saturated carbocycles. The second kappa shape index (κ2) is 4.92. The van der Waals surface area contributed by atoms with Crippen molar-refractivity contribution < 1.29 is 9.90 Å². The maximum Gasteiger partial charge on any atom is 0.328 e. The van der Waals surface area contributed by atoms with Crippen LogP contribution < -0.4 is 4.90 Å². The van der Waals surface area contributed by atoms with Crippen molar-refractivity contribution in [3.63, 3.8) is 0 Å². The molecule has 2 aromatic rings. The first kappa shape index (κ1) is 12.2. The number of carboxylic acids is 1. The Morgan fingerprint density at radius 2 is 1.78 bits per heavy atom. The molecule has 0 aliphatic carbocycles. The molecule has 0 bridgehead atoms. The van der Waals surface area contributed by atoms with E-state index in [0.717, 1.165) is 28.1 Å². The molecule has 0 heterocycles. The summed E-state index contributed by atoms with van der Waals surface area (Å²) in [6.07, 6.45) is 2.75. The maximum atomic E-state index is 10.5. The molecule has 0 unspecified atom stereocenters. The summed E-state index contributed by atoms with van der Waals surface area (Å²) in [5.74, 6) is -0.932. The molecule has 0 amide bonds. The van der Waals surface area contributed by atoms with Gasteiger partial charge in [-0.25, -0.2) is 4.79 Å². The van der Waals surface area contributed by atoms with Crippen molar-refractivity contribution in [2.75, 3.05) is 19.0 Å². The first-order chi connectivity index (χ1) is 8.56. The van der Waals surface area contributed by atoms with Crippen molar-refractivity contribution in [3.05, 3.63) is 48.0 Å². The number of hydrogen-bond acceptors (Lipinski definition) is 2. The third kappa shape index (κ3) is 2.69. The third-order valence-corrected chi connectivity index (χ3v) is 2.78. The van der Waals surface area contributed by atoms with E-state index in [-0.39, 0.29) is 0 Å². The summed E-state index contributed by atoms with van der Waals surface area (Å²) in [7, 11) is 4.01. The molecule has 0 aliphatic heterocycles. The van der Waals surface area contributed by atoms with Gasteiger partial charge in [-0.3, -0.25) is 0 Å². The van der Waals surface area contributed by atoms with E-state index in [4.69, 9.17) is 5.11 Å². The molecule has 0 fully saturated rings. The summed E-state index contributed by atoms with van der Waals surface area (Å²) in [4.78, 5) is 12.5. The summed E-state index contributed by atoms with van der Waals surface area (Å²) in [5, 5.41) is 10.8. The fourth-order valence-electron chi connectivity index (χ4n) is 1.80. The second-order valence-electron chi connectivity index (χ2n) is 4.36. The summed E-state index contributed by atoms with van der Waals surface area (Å²) in [6.45, 7) is 0. The fraction of sp³-hybridized carbons (Fsp3) is 0.133. The van der Waals surface area contributed by atoms with Crippen molar-refractivity contribution >= 4 is 28.5 Å². The minimum Gasteiger partial charge on any atom is -0.478 e. The highest BCUT2D eigenvalue weighted by atomic mass is 16.4. The number of rotatable bonds is 3. The number of carbonyl (C=O) groups is 1. The van der Waals surface area contributed by atoms with Crippen LogP contribution in [-0.2, 0) is 4.79 Å². The number of anilines is 1. The summed E-state index contributed by atoms with van der Waals surface area (Å²) < 4.78 is 0. The number of fused-ring (bicyclic) bond motifs is 1. The molecule has 0 radical (unpaired) electrons. The average Bonchev–Trinajstić information content (AvgIpc) is 2.35. The number of carboxylic acid groups (broad SMARTS) is 1. The molecule has 0 spiro atoms. The van der Waals surface area contributed by atoms with Crippen LogP contribution in [0, 0.1) is 0 Å². The van der Waals surface area contributed by atoms with Gasteiger partial charge >= 0.3 is 5.97 Å². The molecule has 0 atom stereocenters. The molecule has 3 nitrogen and oxygen atoms in total. The summed E-state index contributed by atoms with van der Waals surface area (Å²) >= 11 is 0. The normalized spacial score (nSPS) is 11.0. The summed E-state index contributed by atoms with van der Waals surface area (Å²) in [5.41, 5.74) is 2.04. The van der Waals surface area contributed by atoms with Crippen LogP contribution in [0.25, 0.3) is 16.8 Å². The molecular formula is C15H15NO2. The van der Waals surface area contributed by atoms with Gasteiger partial charge < -0.3 is 10.0 Å². The molecule has 3 heteroatoms. The molecule has 2 rings (SSSR count). The molecule has 1 N–H and O–H groups in total. The first-order valence-electron chi connectivity index (χ1n) is 5.68. The van der Waals surface area contributed by atoms with Gasteiger partial charge in [0.25, 0.3) is 0 Å². The highest BCUT2D eigenvalue weighted by Gasteiger charge is 1.99. The van der Waals surface area contributed by atoms with Gasteiger partial charge in [-0.2, -0.15) is 0 Å². The molecule has 0 aliphatic rings. The molecule has 0 aromatic heterocycles. The Morgan fingerprint density at radius 3 is 2.44 bits per heavy atom. The Labute approximate surface area is 106 Å². The van der Waals surface area contributed by atoms with Crippen molar-refractivity contribution in [3.8, 4) is 0 Å². The van der Waals surface area contributed by atoms with Gasteiger partial charge in [0, 0.05) is 25.9 Å². The van der Waals surface area contributed by atoms with Gasteiger partial charge in [-0.1, -0.05) is 18.2 Å². The number of nitrogens with zero attached hydrogens (tertiary/aromatic N) is 1. The largest absolute Gasteiger partial charge is 0.478 e. The minimum atomic E-state index is -0.932. The minimum absolute atomic E-state index is 0.891. The number of hydrogen-bond donors (Lipinski definition) is 1. The molecule has 0 saturated heterocycles. The summed E-state index contributed by atoms with van der Waals surface area (Å²) in [6, 6.07) is 12.1. The first-order valence-corrected chi connectivity index (χ1v) is 5.68. The van der Waals surface area contributed by atoms with Crippen LogP contribution in [0.5, 0.6) is 0 Å². The molecule has 92 valence electrons. The topological polar surface area (TPSA) is 40.5 Å². The van der Waals surface area contributed by atoms with E-state index in [0.29, 0.717) is 0 Å². The Morgan fingerprint density at radius 1 is 1.11 bits per heavy atom. The van der Waals surface area contributed by atoms with Gasteiger partial charge in [-0.15, -0.1) is 0 Å². The third-order valence-electron chi connectivity index (χ3n) is 2.78. The van der Waals surface area contributed by atoms with Crippen LogP contribution in [0.4, 0.5) is 5.69 Å². The van der Waals surface area contributed by atoms with Crippen LogP contribution >= 0.6 is 0 Å². The standard InChI is InChI=1S/C15H15NO2/c1-16(2)14-7-6-12-9-11(4-8-15(17)18)3-5-13(12)10-14/h3-10H,1-2H3,(H,17,18)/b8-4+. The second-order valence-corrected chi connectivity index (χ2v) is 4.36. The van der Waals surface area contributed by atoms with Crippen LogP contribution in [0.3, 0.4) is 0 Å². The van der Waals surface area contributed by atoms with Gasteiger partial charge in [0.2, 0.25) is 0 Å². The lowest BCUT2D eigenvalue weighted by atomic mass is 10.1. The van der Waals surface area contributed by atoms with Crippen molar-refractivity contribution in [2.45, 2.75) is 0 Å². The average molecular weight is 241 g/mol. The van der Waals surface area contributed by atoms with Crippen molar-refractivity contribution in [1.29, 1.82) is 0 Å². The Hall–Kier alpha value is -2.29. The van der Waals surface area contributed by atoms with Crippen LogP contribution in [0.1, 0.15) is 5.56 Å². The van der Waals surface area contributed by atoms with Crippen LogP contribution in [0.15, 0.2) is 42.5 Å². The predicted octanol–water partition coefficient (Wildman–Crippen LogP) is 3.00. The molecule has 18 heavy (non-hydrogen) atoms. The lowest BCUT2D eigenvalue weighted by Crippen LogP contribution is -2.07. The zero-order valence-corrected chi connectivity index (χ0v) is 10.4. The zero-order chi connectivity index (χ0) is 13.1. The molecule has 2 aromatic carbocycles. The van der Waals surface area contributed by atoms with Crippen LogP contribution in [0.2, 0.25) is 0 Å². The van der Waals surface area contributed by atoms with E-state index in [1.54, 1.807) is 6.08 Å². The Kier molecular flexibility index (Phi) is 3.33. The highest BCUT2D eigenvalue weighted by molar-refractivity contribution is 5.90. The van der Waals surface area contributed by atoms with Gasteiger partial charge in [0.15, 0.2) is 0 Å². The fourth-order valence-corrected chi connectivity index (χ4v) is 1.80. The van der Waals surface area contributed by atoms with E-state index in [9.17, 15) is 4.79 Å². The van der Waals surface area contributed by atoms with Gasteiger partial charge in [-0.05, 0) is 40.6 Å². The van der Waals surface area contributed by atoms with E-state index < -0.39 is 5.97 Å². The lowest BCUT2D eigenvalue weighted by Gasteiger charge is -2.13. The van der Waals surface area contributed by atoms with Crippen molar-refractivity contribution in [1.82, 2.24) is 0 Å². The van der Waals surface area contributed by atoms with Gasteiger partial charge in [0.1, 0.15) is 0 Å². The Bertz CT molecular complexity index is 615.